The molecule has 27 heavy (non-hydrogen) atoms. The van der Waals surface area contributed by atoms with Crippen molar-refractivity contribution in [3.8, 4) is 0 Å². The third-order valence-corrected chi connectivity index (χ3v) is 5.44. The van der Waals surface area contributed by atoms with Crippen LogP contribution >= 0.6 is 0 Å². The molecule has 146 valence electrons. The topological polar surface area (TPSA) is 60.2 Å². The molecule has 3 rings (SSSR count). The van der Waals surface area contributed by atoms with Crippen LogP contribution in [0, 0.1) is 0 Å². The number of H-pyrrole nitrogens is 1. The van der Waals surface area contributed by atoms with Crippen molar-refractivity contribution >= 4 is 22.6 Å². The molecule has 1 aliphatic heterocycles. The van der Waals surface area contributed by atoms with Gasteiger partial charge in [-0.15, -0.1) is 0 Å². The standard InChI is InChI=1S/C22H32N4O/c1-3-5-11-23-22(27)25-18-7-8-21-19(15-18)20(16-24-21)17-9-13-26(14-10-17)12-6-4-2/h3,5,7-8,15-17,24H,4,6,9-14H2,1-2H3,(H2,23,25,27). The number of piperidine rings is 1. The average molecular weight is 369 g/mol. The second-order valence-corrected chi connectivity index (χ2v) is 7.38. The van der Waals surface area contributed by atoms with E-state index < -0.39 is 0 Å². The highest BCUT2D eigenvalue weighted by molar-refractivity contribution is 5.94. The second kappa shape index (κ2) is 9.60. The number of fused-ring (bicyclic) bond motifs is 1. The van der Waals surface area contributed by atoms with Gasteiger partial charge in [0.05, 0.1) is 0 Å². The van der Waals surface area contributed by atoms with Crippen LogP contribution in [-0.4, -0.2) is 42.1 Å². The molecule has 0 atom stereocenters. The van der Waals surface area contributed by atoms with E-state index in [2.05, 4.69) is 45.8 Å². The van der Waals surface area contributed by atoms with Gasteiger partial charge in [-0.05, 0) is 75.5 Å². The maximum absolute atomic E-state index is 12.0. The van der Waals surface area contributed by atoms with Gasteiger partial charge in [0.15, 0.2) is 0 Å². The monoisotopic (exact) mass is 368 g/mol. The van der Waals surface area contributed by atoms with Crippen molar-refractivity contribution in [1.29, 1.82) is 0 Å². The Bertz CT molecular complexity index is 772. The normalized spacial score (nSPS) is 16.2. The Hall–Kier alpha value is -2.27. The minimum atomic E-state index is -0.172. The molecule has 5 nitrogen and oxygen atoms in total. The van der Waals surface area contributed by atoms with E-state index in [0.717, 1.165) is 11.2 Å². The third-order valence-electron chi connectivity index (χ3n) is 5.44. The molecule has 1 fully saturated rings. The summed E-state index contributed by atoms with van der Waals surface area (Å²) in [6.07, 6.45) is 11.0. The molecule has 0 spiro atoms. The smallest absolute Gasteiger partial charge is 0.319 e. The molecule has 0 bridgehead atoms. The van der Waals surface area contributed by atoms with E-state index in [9.17, 15) is 4.79 Å². The minimum absolute atomic E-state index is 0.172. The quantitative estimate of drug-likeness (QED) is 0.612. The maximum atomic E-state index is 12.0. The van der Waals surface area contributed by atoms with Crippen LogP contribution in [0.5, 0.6) is 0 Å². The summed E-state index contributed by atoms with van der Waals surface area (Å²) >= 11 is 0. The van der Waals surface area contributed by atoms with E-state index in [4.69, 9.17) is 0 Å². The van der Waals surface area contributed by atoms with Crippen molar-refractivity contribution in [3.63, 3.8) is 0 Å². The van der Waals surface area contributed by atoms with Gasteiger partial charge in [0.25, 0.3) is 0 Å². The first-order valence-electron chi connectivity index (χ1n) is 10.2. The average Bonchev–Trinajstić information content (AvgIpc) is 3.10. The number of hydrogen-bond acceptors (Lipinski definition) is 2. The van der Waals surface area contributed by atoms with Gasteiger partial charge in [-0.25, -0.2) is 4.79 Å². The van der Waals surface area contributed by atoms with E-state index in [1.54, 1.807) is 0 Å². The molecule has 1 saturated heterocycles. The first-order chi connectivity index (χ1) is 13.2. The molecule has 1 aliphatic rings. The number of nitrogens with zero attached hydrogens (tertiary/aromatic N) is 1. The number of unbranched alkanes of at least 4 members (excludes halogenated alkanes) is 1. The number of allylic oxidation sites excluding steroid dienone is 1. The Morgan fingerprint density at radius 1 is 1.33 bits per heavy atom. The Labute approximate surface area is 162 Å². The zero-order chi connectivity index (χ0) is 19.1. The number of anilines is 1. The largest absolute Gasteiger partial charge is 0.361 e. The molecule has 0 radical (unpaired) electrons. The number of likely N-dealkylation sites (tertiary alicyclic amines) is 1. The molecule has 0 aliphatic carbocycles. The third kappa shape index (κ3) is 5.13. The summed E-state index contributed by atoms with van der Waals surface area (Å²) in [6.45, 7) is 8.33. The fourth-order valence-corrected chi connectivity index (χ4v) is 3.85. The number of hydrogen-bond donors (Lipinski definition) is 3. The number of nitrogens with one attached hydrogen (secondary N) is 3. The van der Waals surface area contributed by atoms with Crippen LogP contribution in [0.25, 0.3) is 10.9 Å². The number of carbonyl (C=O) groups is 1. The first kappa shape index (κ1) is 19.5. The van der Waals surface area contributed by atoms with Crippen LogP contribution in [0.1, 0.15) is 51.0 Å². The fourth-order valence-electron chi connectivity index (χ4n) is 3.85. The van der Waals surface area contributed by atoms with Crippen molar-refractivity contribution in [3.05, 3.63) is 42.1 Å². The van der Waals surface area contributed by atoms with Gasteiger partial charge in [-0.3, -0.25) is 0 Å². The predicted molar refractivity (Wildman–Crippen MR) is 113 cm³/mol. The second-order valence-electron chi connectivity index (χ2n) is 7.38. The van der Waals surface area contributed by atoms with Crippen LogP contribution in [0.3, 0.4) is 0 Å². The van der Waals surface area contributed by atoms with Crippen molar-refractivity contribution < 1.29 is 4.79 Å². The number of benzene rings is 1. The number of urea groups is 1. The van der Waals surface area contributed by atoms with E-state index in [1.165, 1.54) is 56.3 Å². The number of amides is 2. The van der Waals surface area contributed by atoms with Crippen molar-refractivity contribution in [2.45, 2.75) is 45.4 Å². The first-order valence-corrected chi connectivity index (χ1v) is 10.2. The SMILES string of the molecule is CC=CCNC(=O)Nc1ccc2[nH]cc(C3CCN(CCCC)CC3)c2c1. The predicted octanol–water partition coefficient (Wildman–Crippen LogP) is 4.85. The Balaban J connectivity index is 1.66. The fraction of sp³-hybridized carbons (Fsp3) is 0.500. The summed E-state index contributed by atoms with van der Waals surface area (Å²) < 4.78 is 0. The summed E-state index contributed by atoms with van der Waals surface area (Å²) in [5, 5.41) is 6.99. The highest BCUT2D eigenvalue weighted by Gasteiger charge is 2.22. The van der Waals surface area contributed by atoms with Crippen LogP contribution in [-0.2, 0) is 0 Å². The minimum Gasteiger partial charge on any atom is -0.361 e. The van der Waals surface area contributed by atoms with E-state index in [1.807, 2.05) is 25.1 Å². The van der Waals surface area contributed by atoms with Crippen molar-refractivity contribution in [2.24, 2.45) is 0 Å². The highest BCUT2D eigenvalue weighted by Crippen LogP contribution is 2.34. The molecule has 2 aromatic rings. The van der Waals surface area contributed by atoms with Gasteiger partial charge >= 0.3 is 6.03 Å². The van der Waals surface area contributed by atoms with Crippen molar-refractivity contribution in [2.75, 3.05) is 31.5 Å². The molecule has 2 heterocycles. The van der Waals surface area contributed by atoms with Gasteiger partial charge in [0.1, 0.15) is 0 Å². The van der Waals surface area contributed by atoms with Crippen LogP contribution in [0.2, 0.25) is 0 Å². The van der Waals surface area contributed by atoms with E-state index in [0.29, 0.717) is 12.5 Å². The molecular formula is C22H32N4O. The van der Waals surface area contributed by atoms with Gasteiger partial charge < -0.3 is 20.5 Å². The molecular weight excluding hydrogens is 336 g/mol. The van der Waals surface area contributed by atoms with E-state index in [-0.39, 0.29) is 6.03 Å². The Morgan fingerprint density at radius 2 is 2.15 bits per heavy atom. The summed E-state index contributed by atoms with van der Waals surface area (Å²) in [5.41, 5.74) is 3.36. The summed E-state index contributed by atoms with van der Waals surface area (Å²) in [6, 6.07) is 5.93. The Morgan fingerprint density at radius 3 is 2.89 bits per heavy atom. The number of aromatic nitrogens is 1. The molecule has 3 N–H and O–H groups in total. The van der Waals surface area contributed by atoms with Gasteiger partial charge in [0, 0.05) is 29.3 Å². The molecule has 5 heteroatoms. The van der Waals surface area contributed by atoms with Crippen LogP contribution in [0.15, 0.2) is 36.5 Å². The summed E-state index contributed by atoms with van der Waals surface area (Å²) in [4.78, 5) is 18.0. The lowest BCUT2D eigenvalue weighted by Gasteiger charge is -2.31. The molecule has 0 saturated carbocycles. The molecule has 1 aromatic carbocycles. The Kier molecular flexibility index (Phi) is 6.93. The number of rotatable bonds is 7. The number of aromatic amines is 1. The van der Waals surface area contributed by atoms with Gasteiger partial charge in [-0.2, -0.15) is 0 Å². The van der Waals surface area contributed by atoms with Crippen LogP contribution in [0.4, 0.5) is 10.5 Å². The molecule has 0 unspecified atom stereocenters. The molecule has 1 aromatic heterocycles. The lowest BCUT2D eigenvalue weighted by molar-refractivity contribution is 0.210. The van der Waals surface area contributed by atoms with E-state index >= 15 is 0 Å². The summed E-state index contributed by atoms with van der Waals surface area (Å²) in [5.74, 6) is 0.593. The van der Waals surface area contributed by atoms with Gasteiger partial charge in [0.2, 0.25) is 0 Å². The zero-order valence-corrected chi connectivity index (χ0v) is 16.6. The van der Waals surface area contributed by atoms with Gasteiger partial charge in [-0.1, -0.05) is 25.5 Å². The lowest BCUT2D eigenvalue weighted by atomic mass is 9.89. The lowest BCUT2D eigenvalue weighted by Crippen LogP contribution is -2.33. The van der Waals surface area contributed by atoms with Crippen molar-refractivity contribution in [1.82, 2.24) is 15.2 Å². The number of carbonyl (C=O) groups excluding carboxylic acids is 1. The summed E-state index contributed by atoms with van der Waals surface area (Å²) in [7, 11) is 0. The molecule has 2 amide bonds. The highest BCUT2D eigenvalue weighted by atomic mass is 16.2. The zero-order valence-electron chi connectivity index (χ0n) is 16.6. The maximum Gasteiger partial charge on any atom is 0.319 e. The van der Waals surface area contributed by atoms with Crippen LogP contribution < -0.4 is 10.6 Å².